The molecule has 0 saturated heterocycles. The highest BCUT2D eigenvalue weighted by atomic mass is 28.3. The first kappa shape index (κ1) is 19.7. The lowest BCUT2D eigenvalue weighted by Crippen LogP contribution is -2.70. The number of aryl methyl sites for hydroxylation is 1. The van der Waals surface area contributed by atoms with Crippen LogP contribution in [0, 0.1) is 6.92 Å². The highest BCUT2D eigenvalue weighted by Gasteiger charge is 2.49. The zero-order valence-corrected chi connectivity index (χ0v) is 19.2. The van der Waals surface area contributed by atoms with E-state index in [1.807, 2.05) is 0 Å². The monoisotopic (exact) mass is 394 g/mol. The molecule has 146 valence electrons. The molecule has 0 bridgehead atoms. The van der Waals surface area contributed by atoms with Crippen molar-refractivity contribution in [1.29, 1.82) is 0 Å². The van der Waals surface area contributed by atoms with Gasteiger partial charge in [0.05, 0.1) is 0 Å². The highest BCUT2D eigenvalue weighted by Crippen LogP contribution is 2.46. The Balaban J connectivity index is 2.15. The fourth-order valence-corrected chi connectivity index (χ4v) is 11.1. The normalized spacial score (nSPS) is 15.3. The summed E-state index contributed by atoms with van der Waals surface area (Å²) < 4.78 is 0. The minimum atomic E-state index is -2.34. The van der Waals surface area contributed by atoms with Gasteiger partial charge in [-0.25, -0.2) is 0 Å². The van der Waals surface area contributed by atoms with E-state index in [2.05, 4.69) is 120 Å². The molecule has 0 atom stereocenters. The summed E-state index contributed by atoms with van der Waals surface area (Å²) in [6.45, 7) is 11.5. The summed E-state index contributed by atoms with van der Waals surface area (Å²) in [6.07, 6.45) is 0. The number of rotatable bonds is 4. The summed E-state index contributed by atoms with van der Waals surface area (Å²) in [5, 5.41) is 4.47. The molecule has 0 spiro atoms. The van der Waals surface area contributed by atoms with Gasteiger partial charge in [-0.2, -0.15) is 0 Å². The Morgan fingerprint density at radius 3 is 1.28 bits per heavy atom. The first-order chi connectivity index (χ1) is 14.0. The molecule has 29 heavy (non-hydrogen) atoms. The molecule has 3 aromatic carbocycles. The van der Waals surface area contributed by atoms with E-state index in [0.29, 0.717) is 5.54 Å². The van der Waals surface area contributed by atoms with Gasteiger partial charge in [0.25, 0.3) is 0 Å². The lowest BCUT2D eigenvalue weighted by Gasteiger charge is -2.41. The smallest absolute Gasteiger partial charge is 0.0647 e. The maximum absolute atomic E-state index is 2.39. The molecule has 0 amide bonds. The largest absolute Gasteiger partial charge is 0.159 e. The third kappa shape index (κ3) is 3.05. The predicted molar refractivity (Wildman–Crippen MR) is 129 cm³/mol. The molecule has 0 aromatic heterocycles. The molecule has 0 N–H and O–H groups in total. The van der Waals surface area contributed by atoms with Gasteiger partial charge in [0.1, 0.15) is 0 Å². The van der Waals surface area contributed by atoms with Crippen LogP contribution in [0.15, 0.2) is 107 Å². The lowest BCUT2D eigenvalue weighted by atomic mass is 10.1. The van der Waals surface area contributed by atoms with E-state index in [-0.39, 0.29) is 0 Å². The third-order valence-electron chi connectivity index (χ3n) is 7.01. The second-order valence-electron chi connectivity index (χ2n) is 8.46. The summed E-state index contributed by atoms with van der Waals surface area (Å²) >= 11 is 0. The summed E-state index contributed by atoms with van der Waals surface area (Å²) in [4.78, 5) is 0. The highest BCUT2D eigenvalue weighted by molar-refractivity contribution is 7.13. The summed E-state index contributed by atoms with van der Waals surface area (Å²) in [6, 6.07) is 31.9. The topological polar surface area (TPSA) is 0 Å². The van der Waals surface area contributed by atoms with Gasteiger partial charge in [-0.15, -0.1) is 0 Å². The van der Waals surface area contributed by atoms with E-state index in [9.17, 15) is 0 Å². The summed E-state index contributed by atoms with van der Waals surface area (Å²) in [5.74, 6) is 0. The number of hydrogen-bond donors (Lipinski definition) is 0. The molecule has 1 aliphatic rings. The van der Waals surface area contributed by atoms with Crippen LogP contribution in [-0.2, 0) is 0 Å². The summed E-state index contributed by atoms with van der Waals surface area (Å²) in [7, 11) is -2.34. The first-order valence-corrected chi connectivity index (χ1v) is 12.6. The minimum absolute atomic E-state index is 0.440. The maximum atomic E-state index is 2.39. The van der Waals surface area contributed by atoms with Gasteiger partial charge in [-0.3, -0.25) is 0 Å². The Hall–Kier alpha value is -2.64. The van der Waals surface area contributed by atoms with Crippen molar-refractivity contribution in [2.75, 3.05) is 0 Å². The number of allylic oxidation sites excluding steroid dienone is 4. The lowest BCUT2D eigenvalue weighted by molar-refractivity contribution is 1.09. The zero-order chi connectivity index (χ0) is 20.6. The molecule has 0 heterocycles. The summed E-state index contributed by atoms with van der Waals surface area (Å²) in [5.41, 5.74) is 7.79. The Kier molecular flexibility index (Phi) is 5.18. The molecule has 0 radical (unpaired) electrons. The van der Waals surface area contributed by atoms with Crippen LogP contribution in [0.25, 0.3) is 0 Å². The van der Waals surface area contributed by atoms with Gasteiger partial charge in [-0.1, -0.05) is 102 Å². The van der Waals surface area contributed by atoms with Crippen LogP contribution in [0.2, 0.25) is 5.54 Å². The van der Waals surface area contributed by atoms with Crippen LogP contribution in [0.4, 0.5) is 0 Å². The van der Waals surface area contributed by atoms with Crippen LogP contribution in [0.3, 0.4) is 0 Å². The van der Waals surface area contributed by atoms with Crippen molar-refractivity contribution < 1.29 is 0 Å². The quantitative estimate of drug-likeness (QED) is 0.404. The molecule has 0 saturated carbocycles. The molecule has 4 rings (SSSR count). The molecule has 3 aromatic rings. The van der Waals surface area contributed by atoms with Crippen molar-refractivity contribution in [2.24, 2.45) is 0 Å². The van der Waals surface area contributed by atoms with Gasteiger partial charge in [0.15, 0.2) is 8.07 Å². The van der Waals surface area contributed by atoms with E-state index >= 15 is 0 Å². The van der Waals surface area contributed by atoms with Gasteiger partial charge in [0, 0.05) is 5.54 Å². The van der Waals surface area contributed by atoms with Crippen LogP contribution >= 0.6 is 0 Å². The van der Waals surface area contributed by atoms with Gasteiger partial charge in [0.2, 0.25) is 0 Å². The Morgan fingerprint density at radius 1 is 0.483 bits per heavy atom. The number of hydrogen-bond acceptors (Lipinski definition) is 0. The zero-order valence-electron chi connectivity index (χ0n) is 18.2. The van der Waals surface area contributed by atoms with Gasteiger partial charge < -0.3 is 0 Å². The standard InChI is InChI=1S/C28H30Si/c1-20-16-18-27(19-17-20)29(25-12-8-6-9-13-25,26-14-10-7-11-15-26)28-23(4)21(2)22(3)24(28)5/h6-19,28H,1-5H3. The van der Waals surface area contributed by atoms with Crippen molar-refractivity contribution in [3.8, 4) is 0 Å². The Bertz CT molecular complexity index is 1010. The minimum Gasteiger partial charge on any atom is -0.0647 e. The van der Waals surface area contributed by atoms with Crippen molar-refractivity contribution in [2.45, 2.75) is 40.2 Å². The molecule has 0 fully saturated rings. The molecular formula is C28H30Si. The average Bonchev–Trinajstić information content (AvgIpc) is 2.95. The van der Waals surface area contributed by atoms with Crippen molar-refractivity contribution in [3.05, 3.63) is 113 Å². The molecule has 0 aliphatic heterocycles. The fraction of sp³-hybridized carbons (Fsp3) is 0.214. The number of benzene rings is 3. The van der Waals surface area contributed by atoms with Crippen molar-refractivity contribution in [1.82, 2.24) is 0 Å². The average molecular weight is 395 g/mol. The first-order valence-electron chi connectivity index (χ1n) is 10.5. The molecular weight excluding hydrogens is 364 g/mol. The second kappa shape index (κ2) is 7.65. The van der Waals surface area contributed by atoms with Crippen LogP contribution in [0.5, 0.6) is 0 Å². The van der Waals surface area contributed by atoms with Gasteiger partial charge >= 0.3 is 0 Å². The molecule has 0 unspecified atom stereocenters. The Labute approximate surface area is 176 Å². The predicted octanol–water partition coefficient (Wildman–Crippen LogP) is 5.52. The molecule has 1 aliphatic carbocycles. The molecule has 1 heteroatoms. The van der Waals surface area contributed by atoms with Crippen molar-refractivity contribution >= 4 is 23.6 Å². The van der Waals surface area contributed by atoms with E-state index in [1.165, 1.54) is 32.3 Å². The maximum Gasteiger partial charge on any atom is 0.159 e. The van der Waals surface area contributed by atoms with Crippen LogP contribution < -0.4 is 15.6 Å². The van der Waals surface area contributed by atoms with E-state index in [1.54, 1.807) is 11.1 Å². The van der Waals surface area contributed by atoms with Crippen LogP contribution in [0.1, 0.15) is 33.3 Å². The van der Waals surface area contributed by atoms with E-state index in [4.69, 9.17) is 0 Å². The fourth-order valence-electron chi connectivity index (χ4n) is 5.22. The van der Waals surface area contributed by atoms with Crippen molar-refractivity contribution in [3.63, 3.8) is 0 Å². The van der Waals surface area contributed by atoms with E-state index in [0.717, 1.165) is 0 Å². The second-order valence-corrected chi connectivity index (χ2v) is 12.4. The SMILES string of the molecule is CC1=C(C)C([Si](c2ccccc2)(c2ccccc2)c2ccc(C)cc2)C(C)=C1C. The van der Waals surface area contributed by atoms with E-state index < -0.39 is 8.07 Å². The Morgan fingerprint density at radius 2 is 0.862 bits per heavy atom. The molecule has 0 nitrogen and oxygen atoms in total. The van der Waals surface area contributed by atoms with Gasteiger partial charge in [-0.05, 0) is 61.3 Å². The van der Waals surface area contributed by atoms with Crippen LogP contribution in [-0.4, -0.2) is 8.07 Å². The third-order valence-corrected chi connectivity index (χ3v) is 12.5.